The van der Waals surface area contributed by atoms with Gasteiger partial charge in [0.2, 0.25) is 5.91 Å². The van der Waals surface area contributed by atoms with Crippen molar-refractivity contribution in [3.05, 3.63) is 54.1 Å². The van der Waals surface area contributed by atoms with Crippen molar-refractivity contribution in [2.45, 2.75) is 46.0 Å². The van der Waals surface area contributed by atoms with Gasteiger partial charge in [-0.05, 0) is 55.8 Å². The molecule has 0 saturated heterocycles. The van der Waals surface area contributed by atoms with Crippen molar-refractivity contribution in [2.24, 2.45) is 0 Å². The Morgan fingerprint density at radius 1 is 0.900 bits per heavy atom. The van der Waals surface area contributed by atoms with Gasteiger partial charge in [-0.1, -0.05) is 38.7 Å². The fourth-order valence-electron chi connectivity index (χ4n) is 2.95. The molecule has 0 spiro atoms. The van der Waals surface area contributed by atoms with Crippen LogP contribution in [0, 0.1) is 0 Å². The lowest BCUT2D eigenvalue weighted by Crippen LogP contribution is -2.24. The van der Waals surface area contributed by atoms with E-state index in [0.29, 0.717) is 17.8 Å². The first-order valence-corrected chi connectivity index (χ1v) is 10.8. The number of carbonyl (C=O) groups excluding carboxylic acids is 2. The van der Waals surface area contributed by atoms with Gasteiger partial charge in [-0.2, -0.15) is 0 Å². The highest BCUT2D eigenvalue weighted by atomic mass is 16.5. The first kappa shape index (κ1) is 23.3. The monoisotopic (exact) mass is 411 g/mol. The number of nitrogens with one attached hydrogen (secondary N) is 3. The average Bonchev–Trinajstić information content (AvgIpc) is 2.76. The summed E-state index contributed by atoms with van der Waals surface area (Å²) >= 11 is 0. The normalized spacial score (nSPS) is 10.3. The number of ether oxygens (including phenoxy) is 1. The van der Waals surface area contributed by atoms with Crippen LogP contribution < -0.4 is 20.7 Å². The van der Waals surface area contributed by atoms with Crippen LogP contribution in [0.4, 0.5) is 11.4 Å². The summed E-state index contributed by atoms with van der Waals surface area (Å²) in [4.78, 5) is 24.1. The molecule has 0 aliphatic carbocycles. The molecule has 0 heterocycles. The van der Waals surface area contributed by atoms with Gasteiger partial charge in [-0.15, -0.1) is 0 Å². The number of benzene rings is 2. The van der Waals surface area contributed by atoms with Crippen LogP contribution in [0.2, 0.25) is 0 Å². The number of hydrogen-bond acceptors (Lipinski definition) is 4. The van der Waals surface area contributed by atoms with Crippen molar-refractivity contribution in [1.29, 1.82) is 0 Å². The lowest BCUT2D eigenvalue weighted by molar-refractivity contribution is -0.114. The number of anilines is 2. The molecule has 162 valence electrons. The molecule has 2 amide bonds. The number of unbranched alkanes of at least 4 members (excludes halogenated alkanes) is 4. The van der Waals surface area contributed by atoms with Crippen molar-refractivity contribution in [3.8, 4) is 5.75 Å². The summed E-state index contributed by atoms with van der Waals surface area (Å²) in [6, 6.07) is 14.5. The Balaban J connectivity index is 1.73. The highest BCUT2D eigenvalue weighted by Crippen LogP contribution is 2.16. The van der Waals surface area contributed by atoms with E-state index >= 15 is 0 Å². The summed E-state index contributed by atoms with van der Waals surface area (Å²) in [5.74, 6) is 0.494. The number of rotatable bonds is 13. The summed E-state index contributed by atoms with van der Waals surface area (Å²) in [5, 5.41) is 8.64. The zero-order valence-electron chi connectivity index (χ0n) is 18.0. The zero-order chi connectivity index (χ0) is 21.6. The molecule has 0 radical (unpaired) electrons. The maximum atomic E-state index is 12.2. The largest absolute Gasteiger partial charge is 0.494 e. The molecule has 2 aromatic carbocycles. The topological polar surface area (TPSA) is 79.5 Å². The Bertz CT molecular complexity index is 791. The van der Waals surface area contributed by atoms with Gasteiger partial charge in [0.15, 0.2) is 0 Å². The van der Waals surface area contributed by atoms with Crippen LogP contribution in [0.15, 0.2) is 48.5 Å². The van der Waals surface area contributed by atoms with Crippen LogP contribution in [0.5, 0.6) is 5.75 Å². The molecule has 0 aliphatic heterocycles. The van der Waals surface area contributed by atoms with Crippen LogP contribution >= 0.6 is 0 Å². The van der Waals surface area contributed by atoms with Crippen LogP contribution in [0.25, 0.3) is 0 Å². The highest BCUT2D eigenvalue weighted by Gasteiger charge is 2.07. The molecule has 0 aromatic heterocycles. The SMILES string of the molecule is CCCCCCCOc1ccc(NCC(=O)Nc2cccc(C(=O)NCC)c2)cc1. The molecular formula is C24H33N3O3. The average molecular weight is 412 g/mol. The number of carbonyl (C=O) groups is 2. The molecule has 0 unspecified atom stereocenters. The summed E-state index contributed by atoms with van der Waals surface area (Å²) in [6.45, 7) is 5.49. The molecule has 2 rings (SSSR count). The van der Waals surface area contributed by atoms with Gasteiger partial charge in [0.25, 0.3) is 5.91 Å². The second kappa shape index (κ2) is 13.2. The summed E-state index contributed by atoms with van der Waals surface area (Å²) in [5.41, 5.74) is 1.95. The van der Waals surface area contributed by atoms with E-state index in [1.807, 2.05) is 31.2 Å². The number of hydrogen-bond donors (Lipinski definition) is 3. The second-order valence-corrected chi connectivity index (χ2v) is 7.13. The molecule has 30 heavy (non-hydrogen) atoms. The Morgan fingerprint density at radius 3 is 2.40 bits per heavy atom. The Kier molecular flexibility index (Phi) is 10.3. The van der Waals surface area contributed by atoms with Gasteiger partial charge >= 0.3 is 0 Å². The van der Waals surface area contributed by atoms with E-state index in [4.69, 9.17) is 4.74 Å². The standard InChI is InChI=1S/C24H33N3O3/c1-3-5-6-7-8-16-30-22-14-12-20(13-15-22)26-18-23(28)27-21-11-9-10-19(17-21)24(29)25-4-2/h9-15,17,26H,3-8,16,18H2,1-2H3,(H,25,29)(H,27,28). The Labute approximate surface area is 179 Å². The summed E-state index contributed by atoms with van der Waals surface area (Å²) < 4.78 is 5.75. The molecule has 0 aliphatic rings. The number of amides is 2. The quantitative estimate of drug-likeness (QED) is 0.412. The van der Waals surface area contributed by atoms with E-state index in [-0.39, 0.29) is 18.4 Å². The van der Waals surface area contributed by atoms with Crippen molar-refractivity contribution < 1.29 is 14.3 Å². The maximum Gasteiger partial charge on any atom is 0.251 e. The molecule has 0 fully saturated rings. The second-order valence-electron chi connectivity index (χ2n) is 7.13. The molecule has 3 N–H and O–H groups in total. The highest BCUT2D eigenvalue weighted by molar-refractivity contribution is 5.98. The van der Waals surface area contributed by atoms with E-state index in [0.717, 1.165) is 24.5 Å². The molecule has 0 atom stereocenters. The lowest BCUT2D eigenvalue weighted by atomic mass is 10.2. The van der Waals surface area contributed by atoms with Crippen LogP contribution in [-0.4, -0.2) is 31.5 Å². The molecule has 6 nitrogen and oxygen atoms in total. The summed E-state index contributed by atoms with van der Waals surface area (Å²) in [7, 11) is 0. The van der Waals surface area contributed by atoms with Crippen molar-refractivity contribution in [1.82, 2.24) is 5.32 Å². The van der Waals surface area contributed by atoms with E-state index < -0.39 is 0 Å². The first-order valence-electron chi connectivity index (χ1n) is 10.8. The van der Waals surface area contributed by atoms with E-state index in [1.54, 1.807) is 24.3 Å². The van der Waals surface area contributed by atoms with E-state index in [1.165, 1.54) is 25.7 Å². The molecule has 0 saturated carbocycles. The molecule has 0 bridgehead atoms. The Morgan fingerprint density at radius 2 is 1.67 bits per heavy atom. The maximum absolute atomic E-state index is 12.2. The fraction of sp³-hybridized carbons (Fsp3) is 0.417. The van der Waals surface area contributed by atoms with Crippen LogP contribution in [0.3, 0.4) is 0 Å². The summed E-state index contributed by atoms with van der Waals surface area (Å²) in [6.07, 6.45) is 6.07. The minimum absolute atomic E-state index is 0.128. The van der Waals surface area contributed by atoms with Crippen molar-refractivity contribution in [3.63, 3.8) is 0 Å². The van der Waals surface area contributed by atoms with Gasteiger partial charge < -0.3 is 20.7 Å². The van der Waals surface area contributed by atoms with Crippen molar-refractivity contribution >= 4 is 23.2 Å². The van der Waals surface area contributed by atoms with Crippen molar-refractivity contribution in [2.75, 3.05) is 30.3 Å². The van der Waals surface area contributed by atoms with Gasteiger partial charge in [-0.25, -0.2) is 0 Å². The van der Waals surface area contributed by atoms with Gasteiger partial charge in [0, 0.05) is 23.5 Å². The fourth-order valence-corrected chi connectivity index (χ4v) is 2.95. The van der Waals surface area contributed by atoms with Crippen LogP contribution in [0.1, 0.15) is 56.3 Å². The predicted octanol–water partition coefficient (Wildman–Crippen LogP) is 4.84. The molecular weight excluding hydrogens is 378 g/mol. The van der Waals surface area contributed by atoms with Crippen LogP contribution in [-0.2, 0) is 4.79 Å². The predicted molar refractivity (Wildman–Crippen MR) is 122 cm³/mol. The third-order valence-corrected chi connectivity index (χ3v) is 4.57. The minimum Gasteiger partial charge on any atom is -0.494 e. The molecule has 6 heteroatoms. The minimum atomic E-state index is -0.185. The van der Waals surface area contributed by atoms with Gasteiger partial charge in [-0.3, -0.25) is 9.59 Å². The first-order chi connectivity index (χ1) is 14.6. The van der Waals surface area contributed by atoms with E-state index in [9.17, 15) is 9.59 Å². The third-order valence-electron chi connectivity index (χ3n) is 4.57. The van der Waals surface area contributed by atoms with Gasteiger partial charge in [0.05, 0.1) is 13.2 Å². The van der Waals surface area contributed by atoms with E-state index in [2.05, 4.69) is 22.9 Å². The molecule has 2 aromatic rings. The third kappa shape index (κ3) is 8.55. The zero-order valence-corrected chi connectivity index (χ0v) is 18.0. The lowest BCUT2D eigenvalue weighted by Gasteiger charge is -2.10. The Hall–Kier alpha value is -3.02. The van der Waals surface area contributed by atoms with Gasteiger partial charge in [0.1, 0.15) is 5.75 Å². The smallest absolute Gasteiger partial charge is 0.251 e.